The average molecular weight is 295 g/mol. The summed E-state index contributed by atoms with van der Waals surface area (Å²) >= 11 is 0. The SMILES string of the molecule is CCOc1ccc(CN2CCC[C@H](C(=O)O)[C@@H]2C)cc1F. The van der Waals surface area contributed by atoms with E-state index in [4.69, 9.17) is 4.74 Å². The molecule has 2 rings (SSSR count). The van der Waals surface area contributed by atoms with Crippen molar-refractivity contribution in [1.29, 1.82) is 0 Å². The molecule has 0 unspecified atom stereocenters. The van der Waals surface area contributed by atoms with Crippen LogP contribution in [0.4, 0.5) is 4.39 Å². The van der Waals surface area contributed by atoms with E-state index in [2.05, 4.69) is 4.90 Å². The molecule has 1 aromatic carbocycles. The number of likely N-dealkylation sites (tertiary alicyclic amines) is 1. The third-order valence-electron chi connectivity index (χ3n) is 4.12. The van der Waals surface area contributed by atoms with E-state index < -0.39 is 5.97 Å². The maximum absolute atomic E-state index is 13.9. The molecule has 21 heavy (non-hydrogen) atoms. The van der Waals surface area contributed by atoms with Gasteiger partial charge in [0.25, 0.3) is 0 Å². The van der Waals surface area contributed by atoms with Crippen LogP contribution in [0.2, 0.25) is 0 Å². The van der Waals surface area contributed by atoms with Crippen LogP contribution in [0.25, 0.3) is 0 Å². The highest BCUT2D eigenvalue weighted by Gasteiger charge is 2.32. The minimum atomic E-state index is -0.745. The molecule has 1 heterocycles. The quantitative estimate of drug-likeness (QED) is 0.907. The predicted molar refractivity (Wildman–Crippen MR) is 77.8 cm³/mol. The zero-order valence-electron chi connectivity index (χ0n) is 12.5. The van der Waals surface area contributed by atoms with Gasteiger partial charge in [0.1, 0.15) is 0 Å². The third kappa shape index (κ3) is 3.73. The van der Waals surface area contributed by atoms with Crippen LogP contribution < -0.4 is 4.74 Å². The fourth-order valence-electron chi connectivity index (χ4n) is 2.92. The smallest absolute Gasteiger partial charge is 0.308 e. The van der Waals surface area contributed by atoms with E-state index in [0.29, 0.717) is 19.6 Å². The standard InChI is InChI=1S/C16H22FNO3/c1-3-21-15-7-6-12(9-14(15)17)10-18-8-4-5-13(11(18)2)16(19)20/h6-7,9,11,13H,3-5,8,10H2,1-2H3,(H,19,20)/t11-,13-/m0/s1. The number of aliphatic carboxylic acids is 1. The average Bonchev–Trinajstić information content (AvgIpc) is 2.44. The molecule has 2 atom stereocenters. The molecule has 1 fully saturated rings. The second-order valence-electron chi connectivity index (χ2n) is 5.50. The van der Waals surface area contributed by atoms with Crippen molar-refractivity contribution < 1.29 is 19.0 Å². The van der Waals surface area contributed by atoms with Crippen molar-refractivity contribution >= 4 is 5.97 Å². The second-order valence-corrected chi connectivity index (χ2v) is 5.50. The Labute approximate surface area is 124 Å². The summed E-state index contributed by atoms with van der Waals surface area (Å²) in [5.74, 6) is -1.19. The van der Waals surface area contributed by atoms with Gasteiger partial charge in [-0.3, -0.25) is 9.69 Å². The summed E-state index contributed by atoms with van der Waals surface area (Å²) in [5.41, 5.74) is 0.842. The Morgan fingerprint density at radius 3 is 2.90 bits per heavy atom. The lowest BCUT2D eigenvalue weighted by Crippen LogP contribution is -2.45. The molecule has 0 aliphatic carbocycles. The molecule has 0 aromatic heterocycles. The van der Waals surface area contributed by atoms with Crippen LogP contribution in [0, 0.1) is 11.7 Å². The highest BCUT2D eigenvalue weighted by atomic mass is 19.1. The molecule has 0 spiro atoms. The summed E-state index contributed by atoms with van der Waals surface area (Å²) in [7, 11) is 0. The van der Waals surface area contributed by atoms with E-state index in [1.54, 1.807) is 6.07 Å². The molecular weight excluding hydrogens is 273 g/mol. The summed E-state index contributed by atoms with van der Waals surface area (Å²) in [6, 6.07) is 4.91. The van der Waals surface area contributed by atoms with Gasteiger partial charge in [0, 0.05) is 12.6 Å². The number of halogens is 1. The van der Waals surface area contributed by atoms with Gasteiger partial charge in [0.05, 0.1) is 12.5 Å². The van der Waals surface area contributed by atoms with Crippen LogP contribution in [-0.4, -0.2) is 35.2 Å². The van der Waals surface area contributed by atoms with Crippen LogP contribution >= 0.6 is 0 Å². The maximum atomic E-state index is 13.9. The first kappa shape index (κ1) is 15.8. The number of hydrogen-bond donors (Lipinski definition) is 1. The molecule has 0 saturated carbocycles. The zero-order chi connectivity index (χ0) is 15.4. The van der Waals surface area contributed by atoms with Crippen molar-refractivity contribution in [1.82, 2.24) is 4.90 Å². The number of carboxylic acids is 1. The molecule has 5 heteroatoms. The molecule has 0 radical (unpaired) electrons. The summed E-state index contributed by atoms with van der Waals surface area (Å²) in [6.45, 7) is 5.59. The first-order valence-corrected chi connectivity index (χ1v) is 7.41. The van der Waals surface area contributed by atoms with Crippen molar-refractivity contribution in [2.24, 2.45) is 5.92 Å². The first-order chi connectivity index (χ1) is 10.0. The molecule has 0 bridgehead atoms. The lowest BCUT2D eigenvalue weighted by molar-refractivity contribution is -0.145. The van der Waals surface area contributed by atoms with Gasteiger partial charge in [-0.25, -0.2) is 4.39 Å². The number of nitrogens with zero attached hydrogens (tertiary/aromatic N) is 1. The van der Waals surface area contributed by atoms with Crippen LogP contribution in [0.15, 0.2) is 18.2 Å². The van der Waals surface area contributed by atoms with E-state index in [-0.39, 0.29) is 23.5 Å². The van der Waals surface area contributed by atoms with Crippen molar-refractivity contribution in [3.63, 3.8) is 0 Å². The highest BCUT2D eigenvalue weighted by molar-refractivity contribution is 5.70. The molecule has 1 aliphatic heterocycles. The van der Waals surface area contributed by atoms with Gasteiger partial charge in [-0.1, -0.05) is 6.07 Å². The summed E-state index contributed by atoms with van der Waals surface area (Å²) in [6.07, 6.45) is 1.57. The third-order valence-corrected chi connectivity index (χ3v) is 4.12. The van der Waals surface area contributed by atoms with Crippen molar-refractivity contribution in [2.75, 3.05) is 13.2 Å². The van der Waals surface area contributed by atoms with Crippen LogP contribution in [0.3, 0.4) is 0 Å². The molecule has 1 aliphatic rings. The number of carbonyl (C=O) groups is 1. The molecular formula is C16H22FNO3. The largest absolute Gasteiger partial charge is 0.491 e. The van der Waals surface area contributed by atoms with Gasteiger partial charge in [-0.15, -0.1) is 0 Å². The highest BCUT2D eigenvalue weighted by Crippen LogP contribution is 2.26. The topological polar surface area (TPSA) is 49.8 Å². The monoisotopic (exact) mass is 295 g/mol. The van der Waals surface area contributed by atoms with Gasteiger partial charge in [-0.2, -0.15) is 0 Å². The Balaban J connectivity index is 2.07. The Kier molecular flexibility index (Phi) is 5.17. The Morgan fingerprint density at radius 2 is 2.29 bits per heavy atom. The minimum Gasteiger partial charge on any atom is -0.491 e. The fourth-order valence-corrected chi connectivity index (χ4v) is 2.92. The van der Waals surface area contributed by atoms with Gasteiger partial charge in [-0.05, 0) is 50.9 Å². The first-order valence-electron chi connectivity index (χ1n) is 7.41. The van der Waals surface area contributed by atoms with E-state index >= 15 is 0 Å². The number of carboxylic acid groups (broad SMARTS) is 1. The molecule has 116 valence electrons. The Hall–Kier alpha value is -1.62. The number of rotatable bonds is 5. The van der Waals surface area contributed by atoms with Gasteiger partial charge < -0.3 is 9.84 Å². The van der Waals surface area contributed by atoms with Crippen LogP contribution in [0.5, 0.6) is 5.75 Å². The van der Waals surface area contributed by atoms with Crippen molar-refractivity contribution in [3.8, 4) is 5.75 Å². The summed E-state index contributed by atoms with van der Waals surface area (Å²) in [5, 5.41) is 9.23. The minimum absolute atomic E-state index is 0.0362. The Morgan fingerprint density at radius 1 is 1.52 bits per heavy atom. The summed E-state index contributed by atoms with van der Waals surface area (Å²) in [4.78, 5) is 13.3. The lowest BCUT2D eigenvalue weighted by atomic mass is 9.90. The number of hydrogen-bond acceptors (Lipinski definition) is 3. The number of benzene rings is 1. The summed E-state index contributed by atoms with van der Waals surface area (Å²) < 4.78 is 19.0. The molecule has 1 saturated heterocycles. The van der Waals surface area contributed by atoms with E-state index in [1.807, 2.05) is 19.9 Å². The van der Waals surface area contributed by atoms with E-state index in [0.717, 1.165) is 18.5 Å². The van der Waals surface area contributed by atoms with Gasteiger partial charge >= 0.3 is 5.97 Å². The second kappa shape index (κ2) is 6.89. The zero-order valence-corrected chi connectivity index (χ0v) is 12.5. The van der Waals surface area contributed by atoms with E-state index in [1.165, 1.54) is 6.07 Å². The number of ether oxygens (including phenoxy) is 1. The predicted octanol–water partition coefficient (Wildman–Crippen LogP) is 2.91. The van der Waals surface area contributed by atoms with Gasteiger partial charge in [0.2, 0.25) is 0 Å². The Bertz CT molecular complexity index is 506. The molecule has 0 amide bonds. The van der Waals surface area contributed by atoms with E-state index in [9.17, 15) is 14.3 Å². The lowest BCUT2D eigenvalue weighted by Gasteiger charge is -2.37. The maximum Gasteiger partial charge on any atom is 0.308 e. The van der Waals surface area contributed by atoms with Gasteiger partial charge in [0.15, 0.2) is 11.6 Å². The normalized spacial score (nSPS) is 23.0. The van der Waals surface area contributed by atoms with Crippen molar-refractivity contribution in [2.45, 2.75) is 39.3 Å². The molecule has 4 nitrogen and oxygen atoms in total. The molecule has 1 N–H and O–H groups in total. The van der Waals surface area contributed by atoms with Crippen molar-refractivity contribution in [3.05, 3.63) is 29.6 Å². The fraction of sp³-hybridized carbons (Fsp3) is 0.562. The van der Waals surface area contributed by atoms with Crippen LogP contribution in [-0.2, 0) is 11.3 Å². The number of piperidine rings is 1. The molecule has 1 aromatic rings. The van der Waals surface area contributed by atoms with Crippen LogP contribution in [0.1, 0.15) is 32.3 Å².